The number of rotatable bonds is 10. The summed E-state index contributed by atoms with van der Waals surface area (Å²) in [4.78, 5) is 22.9. The molecule has 0 saturated carbocycles. The summed E-state index contributed by atoms with van der Waals surface area (Å²) in [6.45, 7) is 3.52. The molecule has 1 heterocycles. The first-order valence-electron chi connectivity index (χ1n) is 9.18. The molecule has 13 heteroatoms. The Morgan fingerprint density at radius 2 is 1.52 bits per heavy atom. The molecule has 1 unspecified atom stereocenters. The molecule has 1 amide bonds. The lowest BCUT2D eigenvalue weighted by Gasteiger charge is -2.17. The second-order valence-electron chi connectivity index (χ2n) is 5.68. The fourth-order valence-electron chi connectivity index (χ4n) is 1.68. The van der Waals surface area contributed by atoms with Crippen molar-refractivity contribution >= 4 is 18.5 Å². The molecule has 6 N–H and O–H groups in total. The zero-order valence-electron chi connectivity index (χ0n) is 17.0. The molecular formula is C16H37N3O9S. The van der Waals surface area contributed by atoms with Crippen molar-refractivity contribution in [1.82, 2.24) is 9.80 Å². The van der Waals surface area contributed by atoms with E-state index in [0.29, 0.717) is 31.8 Å². The van der Waals surface area contributed by atoms with Gasteiger partial charge in [0.25, 0.3) is 0 Å². The maximum Gasteiger partial charge on any atom is 0.233 e. The second kappa shape index (κ2) is 25.0. The molecule has 29 heavy (non-hydrogen) atoms. The number of amides is 1. The third-order valence-electron chi connectivity index (χ3n) is 3.31. The largest absolute Gasteiger partial charge is 0.396 e. The smallest absolute Gasteiger partial charge is 0.233 e. The Morgan fingerprint density at radius 3 is 1.66 bits per heavy atom. The van der Waals surface area contributed by atoms with Crippen LogP contribution < -0.4 is 0 Å². The molecule has 0 radical (unpaired) electrons. The van der Waals surface area contributed by atoms with Crippen LogP contribution in [0.25, 0.3) is 0 Å². The number of hydrogen-bond donors (Lipinski definition) is 7. The highest BCUT2D eigenvalue weighted by atomic mass is 32.1. The van der Waals surface area contributed by atoms with E-state index in [1.807, 2.05) is 0 Å². The third kappa shape index (κ3) is 23.1. The zero-order chi connectivity index (χ0) is 23.1. The molecule has 1 saturated heterocycles. The summed E-state index contributed by atoms with van der Waals surface area (Å²) in [6.07, 6.45) is 1.51. The van der Waals surface area contributed by atoms with Crippen molar-refractivity contribution in [2.45, 2.75) is 25.8 Å². The van der Waals surface area contributed by atoms with E-state index in [4.69, 9.17) is 30.6 Å². The minimum Gasteiger partial charge on any atom is -0.396 e. The van der Waals surface area contributed by atoms with Crippen LogP contribution in [-0.2, 0) is 4.79 Å². The van der Waals surface area contributed by atoms with Crippen molar-refractivity contribution in [1.29, 1.82) is 0 Å². The summed E-state index contributed by atoms with van der Waals surface area (Å²) < 4.78 is 0. The van der Waals surface area contributed by atoms with Gasteiger partial charge in [-0.3, -0.25) is 19.8 Å². The molecule has 0 aromatic heterocycles. The van der Waals surface area contributed by atoms with Crippen molar-refractivity contribution in [3.05, 3.63) is 10.1 Å². The molecule has 1 aliphatic rings. The van der Waals surface area contributed by atoms with Gasteiger partial charge in [-0.15, -0.1) is 0 Å². The van der Waals surface area contributed by atoms with Crippen molar-refractivity contribution in [2.75, 3.05) is 71.7 Å². The first-order valence-corrected chi connectivity index (χ1v) is 9.82. The van der Waals surface area contributed by atoms with Crippen LogP contribution in [0.4, 0.5) is 0 Å². The van der Waals surface area contributed by atoms with E-state index in [-0.39, 0.29) is 45.7 Å². The van der Waals surface area contributed by atoms with Gasteiger partial charge in [0.2, 0.25) is 11.9 Å². The minimum atomic E-state index is -0.819. The molecule has 0 aromatic carbocycles. The number of aliphatic hydroxyl groups excluding tert-OH is 6. The van der Waals surface area contributed by atoms with Gasteiger partial charge in [0.05, 0.1) is 26.4 Å². The predicted molar refractivity (Wildman–Crippen MR) is 110 cm³/mol. The molecule has 0 aromatic rings. The number of aliphatic hydroxyl groups is 6. The van der Waals surface area contributed by atoms with E-state index >= 15 is 0 Å². The number of hydrogen-bond acceptors (Lipinski definition) is 11. The van der Waals surface area contributed by atoms with Crippen LogP contribution in [-0.4, -0.2) is 129 Å². The summed E-state index contributed by atoms with van der Waals surface area (Å²) in [5.41, 5.74) is 0. The van der Waals surface area contributed by atoms with Crippen molar-refractivity contribution in [3.8, 4) is 0 Å². The van der Waals surface area contributed by atoms with Crippen LogP contribution in [0.2, 0.25) is 0 Å². The van der Waals surface area contributed by atoms with Gasteiger partial charge in [-0.1, -0.05) is 0 Å². The average Bonchev–Trinajstić information content (AvgIpc) is 3.14. The van der Waals surface area contributed by atoms with Gasteiger partial charge >= 0.3 is 0 Å². The van der Waals surface area contributed by atoms with Crippen molar-refractivity contribution in [3.63, 3.8) is 0 Å². The molecular weight excluding hydrogens is 410 g/mol. The Labute approximate surface area is 176 Å². The van der Waals surface area contributed by atoms with Gasteiger partial charge in [-0.05, 0) is 6.42 Å². The highest BCUT2D eigenvalue weighted by Crippen LogP contribution is 2.06. The molecule has 0 aliphatic carbocycles. The average molecular weight is 448 g/mol. The van der Waals surface area contributed by atoms with E-state index in [2.05, 4.69) is 12.6 Å². The Balaban J connectivity index is -0.000000324. The number of carbonyl (C=O) groups excluding carboxylic acids is 1. The van der Waals surface area contributed by atoms with Gasteiger partial charge in [-0.2, -0.15) is 12.6 Å². The van der Waals surface area contributed by atoms with Crippen molar-refractivity contribution < 1.29 is 40.4 Å². The Bertz CT molecular complexity index is 365. The minimum absolute atomic E-state index is 0.0694. The van der Waals surface area contributed by atoms with E-state index in [1.54, 1.807) is 4.90 Å². The van der Waals surface area contributed by atoms with Crippen LogP contribution in [0, 0.1) is 10.1 Å². The maximum atomic E-state index is 10.6. The SMILES string of the molecule is CC(CO)[N+](=O)[O-].O=C1CCCN1CO.OCCN(CCO)CCO.OCCS. The summed E-state index contributed by atoms with van der Waals surface area (Å²) >= 11 is 3.67. The number of likely N-dealkylation sites (tertiary alicyclic amines) is 1. The quantitative estimate of drug-likeness (QED) is 0.106. The van der Waals surface area contributed by atoms with E-state index < -0.39 is 11.0 Å². The van der Waals surface area contributed by atoms with Gasteiger partial charge in [0.1, 0.15) is 13.3 Å². The summed E-state index contributed by atoms with van der Waals surface area (Å²) in [5.74, 6) is 0.646. The van der Waals surface area contributed by atoms with Crippen LogP contribution in [0.3, 0.4) is 0 Å². The van der Waals surface area contributed by atoms with Crippen LogP contribution in [0.15, 0.2) is 0 Å². The second-order valence-corrected chi connectivity index (χ2v) is 6.13. The van der Waals surface area contributed by atoms with E-state index in [1.165, 1.54) is 11.8 Å². The first kappa shape index (κ1) is 32.6. The molecule has 0 spiro atoms. The zero-order valence-corrected chi connectivity index (χ0v) is 17.9. The van der Waals surface area contributed by atoms with Crippen LogP contribution in [0.5, 0.6) is 0 Å². The van der Waals surface area contributed by atoms with Gasteiger partial charge in [-0.25, -0.2) is 0 Å². The highest BCUT2D eigenvalue weighted by molar-refractivity contribution is 7.80. The normalized spacial score (nSPS) is 13.6. The van der Waals surface area contributed by atoms with Crippen molar-refractivity contribution in [2.24, 2.45) is 0 Å². The first-order chi connectivity index (χ1) is 13.8. The van der Waals surface area contributed by atoms with E-state index in [9.17, 15) is 14.9 Å². The molecule has 1 rings (SSSR count). The number of nitro groups is 1. The van der Waals surface area contributed by atoms with Crippen LogP contribution >= 0.6 is 12.6 Å². The van der Waals surface area contributed by atoms with Gasteiger partial charge in [0.15, 0.2) is 0 Å². The number of carbonyl (C=O) groups is 1. The topological polar surface area (TPSA) is 188 Å². The summed E-state index contributed by atoms with van der Waals surface area (Å²) in [7, 11) is 0. The monoisotopic (exact) mass is 447 g/mol. The predicted octanol–water partition coefficient (Wildman–Crippen LogP) is -2.62. The Morgan fingerprint density at radius 1 is 1.07 bits per heavy atom. The summed E-state index contributed by atoms with van der Waals surface area (Å²) in [5, 5.41) is 59.3. The highest BCUT2D eigenvalue weighted by Gasteiger charge is 2.17. The molecule has 176 valence electrons. The number of thiol groups is 1. The Kier molecular flexibility index (Phi) is 28.1. The van der Waals surface area contributed by atoms with Gasteiger partial charge < -0.3 is 35.5 Å². The lowest BCUT2D eigenvalue weighted by molar-refractivity contribution is -0.521. The molecule has 0 bridgehead atoms. The standard InChI is InChI=1S/C6H15NO3.C5H9NO2.C3H7NO3.C2H6OS/c8-4-1-7(2-5-9)3-6-10;7-4-6-3-1-2-5(6)8;1-3(2-5)4(6)7;3-1-2-4/h8-10H,1-6H2;7H,1-4H2;3,5H,2H2,1H3;3-4H,1-2H2. The lowest BCUT2D eigenvalue weighted by atomic mass is 10.4. The Hall–Kier alpha value is -1.06. The fourth-order valence-corrected chi connectivity index (χ4v) is 1.68. The molecule has 1 aliphatic heterocycles. The molecule has 12 nitrogen and oxygen atoms in total. The third-order valence-corrected chi connectivity index (χ3v) is 3.51. The summed E-state index contributed by atoms with van der Waals surface area (Å²) in [6, 6.07) is -0.819. The molecule has 1 fully saturated rings. The van der Waals surface area contributed by atoms with E-state index in [0.717, 1.165) is 13.0 Å². The fraction of sp³-hybridized carbons (Fsp3) is 0.938. The lowest BCUT2D eigenvalue weighted by Crippen LogP contribution is -2.32. The number of nitrogens with zero attached hydrogens (tertiary/aromatic N) is 3. The van der Waals surface area contributed by atoms with Crippen LogP contribution in [0.1, 0.15) is 19.8 Å². The van der Waals surface area contributed by atoms with Gasteiger partial charge in [0, 0.05) is 50.2 Å². The maximum absolute atomic E-state index is 10.6. The molecule has 1 atom stereocenters.